The monoisotopic (exact) mass is 687 g/mol. The number of carbonyl (C=O) groups is 1. The molecule has 0 fully saturated rings. The van der Waals surface area contributed by atoms with Gasteiger partial charge >= 0.3 is 0 Å². The Morgan fingerprint density at radius 1 is 0.830 bits per heavy atom. The summed E-state index contributed by atoms with van der Waals surface area (Å²) >= 11 is 3.66. The van der Waals surface area contributed by atoms with E-state index >= 15 is 0 Å². The third-order valence-corrected chi connectivity index (χ3v) is 9.11. The lowest BCUT2D eigenvalue weighted by Gasteiger charge is -2.31. The molecule has 0 saturated heterocycles. The minimum Gasteiger partial charge on any atom is -0.497 e. The highest BCUT2D eigenvalue weighted by Gasteiger charge is 2.29. The number of hydrogen-bond acceptors (Lipinski definition) is 5. The fourth-order valence-electron chi connectivity index (χ4n) is 5.76. The molecule has 0 radical (unpaired) electrons. The summed E-state index contributed by atoms with van der Waals surface area (Å²) < 4.78 is 13.3. The van der Waals surface area contributed by atoms with Gasteiger partial charge in [-0.15, -0.1) is 0 Å². The minimum atomic E-state index is -0.610. The molecule has 0 spiro atoms. The second-order valence-corrected chi connectivity index (χ2v) is 11.9. The van der Waals surface area contributed by atoms with E-state index in [9.17, 15) is 9.59 Å². The van der Waals surface area contributed by atoms with Gasteiger partial charge in [0.15, 0.2) is 0 Å². The van der Waals surface area contributed by atoms with Crippen LogP contribution in [0.4, 0.5) is 0 Å². The molecule has 0 saturated carbocycles. The van der Waals surface area contributed by atoms with Crippen LogP contribution in [0.25, 0.3) is 27.7 Å². The van der Waals surface area contributed by atoms with Crippen LogP contribution in [0.15, 0.2) is 131 Å². The topological polar surface area (TPSA) is 73.7 Å². The zero-order valence-electron chi connectivity index (χ0n) is 26.4. The van der Waals surface area contributed by atoms with Crippen molar-refractivity contribution in [3.63, 3.8) is 0 Å². The van der Waals surface area contributed by atoms with Crippen LogP contribution in [0.3, 0.4) is 0 Å². The standard InChI is InChI=1S/C39H34BrN3O4/c1-26(37-41-33-17-11-10-16-32(33)39(45)43(37)34-24-31(46-2)25-35(47-3)36(34)40)42(23-22-27-12-6-4-7-13-27)38(44)30-20-18-29(19-21-30)28-14-8-5-9-15-28/h4-21,24-26H,22-23H2,1-3H3. The molecule has 1 unspecified atom stereocenters. The Morgan fingerprint density at radius 3 is 2.15 bits per heavy atom. The van der Waals surface area contributed by atoms with E-state index in [2.05, 4.69) is 15.9 Å². The normalized spacial score (nSPS) is 11.7. The highest BCUT2D eigenvalue weighted by molar-refractivity contribution is 9.10. The van der Waals surface area contributed by atoms with Crippen molar-refractivity contribution in [1.29, 1.82) is 0 Å². The minimum absolute atomic E-state index is 0.163. The Hall–Kier alpha value is -5.21. The van der Waals surface area contributed by atoms with Crippen LogP contribution < -0.4 is 15.0 Å². The number of ether oxygens (including phenoxy) is 2. The summed E-state index contributed by atoms with van der Waals surface area (Å²) in [4.78, 5) is 35.6. The third kappa shape index (κ3) is 6.55. The number of rotatable bonds is 10. The number of methoxy groups -OCH3 is 2. The predicted molar refractivity (Wildman–Crippen MR) is 190 cm³/mol. The van der Waals surface area contributed by atoms with Gasteiger partial charge in [-0.2, -0.15) is 0 Å². The largest absolute Gasteiger partial charge is 0.497 e. The number of fused-ring (bicyclic) bond motifs is 1. The Kier molecular flexibility index (Phi) is 9.50. The molecule has 6 rings (SSSR count). The van der Waals surface area contributed by atoms with Gasteiger partial charge in [0, 0.05) is 24.2 Å². The van der Waals surface area contributed by atoms with Gasteiger partial charge in [0.25, 0.3) is 11.5 Å². The molecule has 0 aliphatic heterocycles. The molecule has 1 aromatic heterocycles. The van der Waals surface area contributed by atoms with Crippen LogP contribution in [-0.2, 0) is 6.42 Å². The molecular formula is C39H34BrN3O4. The van der Waals surface area contributed by atoms with Crippen molar-refractivity contribution in [2.75, 3.05) is 20.8 Å². The molecule has 47 heavy (non-hydrogen) atoms. The second kappa shape index (κ2) is 14.1. The highest BCUT2D eigenvalue weighted by atomic mass is 79.9. The summed E-state index contributed by atoms with van der Waals surface area (Å²) in [7, 11) is 3.12. The van der Waals surface area contributed by atoms with Gasteiger partial charge in [-0.1, -0.05) is 84.9 Å². The SMILES string of the molecule is COc1cc(OC)c(Br)c(-n2c(C(C)N(CCc3ccccc3)C(=O)c3ccc(-c4ccccc4)cc3)nc3ccccc3c2=O)c1. The first kappa shape index (κ1) is 31.8. The fourth-order valence-corrected chi connectivity index (χ4v) is 6.33. The molecule has 0 aliphatic rings. The maximum absolute atomic E-state index is 14.5. The van der Waals surface area contributed by atoms with Crippen LogP contribution >= 0.6 is 15.9 Å². The first-order valence-electron chi connectivity index (χ1n) is 15.3. The molecular weight excluding hydrogens is 654 g/mol. The molecule has 1 heterocycles. The molecule has 5 aromatic carbocycles. The van der Waals surface area contributed by atoms with E-state index in [0.29, 0.717) is 56.9 Å². The molecule has 7 nitrogen and oxygen atoms in total. The van der Waals surface area contributed by atoms with E-state index in [1.165, 1.54) is 0 Å². The smallest absolute Gasteiger partial charge is 0.266 e. The molecule has 6 aromatic rings. The first-order valence-corrected chi connectivity index (χ1v) is 16.1. The predicted octanol–water partition coefficient (Wildman–Crippen LogP) is 8.28. The number of carbonyl (C=O) groups excluding carboxylic acids is 1. The average molecular weight is 689 g/mol. The van der Waals surface area contributed by atoms with E-state index in [1.54, 1.807) is 41.9 Å². The molecule has 8 heteroatoms. The highest BCUT2D eigenvalue weighted by Crippen LogP contribution is 2.37. The summed E-state index contributed by atoms with van der Waals surface area (Å²) in [6.45, 7) is 2.31. The number of aromatic nitrogens is 2. The van der Waals surface area contributed by atoms with E-state index in [0.717, 1.165) is 16.7 Å². The van der Waals surface area contributed by atoms with Crippen molar-refractivity contribution in [2.45, 2.75) is 19.4 Å². The van der Waals surface area contributed by atoms with Gasteiger partial charge in [0.1, 0.15) is 17.3 Å². The summed E-state index contributed by atoms with van der Waals surface area (Å²) in [5.74, 6) is 1.25. The molecule has 1 amide bonds. The number of nitrogens with zero attached hydrogens (tertiary/aromatic N) is 3. The van der Waals surface area contributed by atoms with Crippen LogP contribution in [0, 0.1) is 0 Å². The lowest BCUT2D eigenvalue weighted by molar-refractivity contribution is 0.0683. The Balaban J connectivity index is 1.49. The van der Waals surface area contributed by atoms with Crippen LogP contribution in [0.5, 0.6) is 11.5 Å². The zero-order chi connectivity index (χ0) is 32.9. The van der Waals surface area contributed by atoms with Crippen molar-refractivity contribution in [3.8, 4) is 28.3 Å². The zero-order valence-corrected chi connectivity index (χ0v) is 28.0. The molecule has 236 valence electrons. The van der Waals surface area contributed by atoms with Crippen LogP contribution in [0.1, 0.15) is 34.7 Å². The Bertz CT molecular complexity index is 2080. The van der Waals surface area contributed by atoms with Crippen LogP contribution in [0.2, 0.25) is 0 Å². The fraction of sp³-hybridized carbons (Fsp3) is 0.154. The van der Waals surface area contributed by atoms with Crippen molar-refractivity contribution < 1.29 is 14.3 Å². The molecule has 1 atom stereocenters. The van der Waals surface area contributed by atoms with E-state index in [1.807, 2.05) is 110 Å². The third-order valence-electron chi connectivity index (χ3n) is 8.32. The first-order chi connectivity index (χ1) is 22.9. The van der Waals surface area contributed by atoms with Gasteiger partial charge in [-0.05, 0) is 70.2 Å². The second-order valence-electron chi connectivity index (χ2n) is 11.1. The van der Waals surface area contributed by atoms with Crippen molar-refractivity contribution in [3.05, 3.63) is 153 Å². The molecule has 0 bridgehead atoms. The van der Waals surface area contributed by atoms with E-state index in [4.69, 9.17) is 14.5 Å². The van der Waals surface area contributed by atoms with Crippen molar-refractivity contribution in [2.24, 2.45) is 0 Å². The quantitative estimate of drug-likeness (QED) is 0.145. The number of benzene rings is 5. The van der Waals surface area contributed by atoms with Gasteiger partial charge in [-0.3, -0.25) is 14.2 Å². The number of hydrogen-bond donors (Lipinski definition) is 0. The van der Waals surface area contributed by atoms with E-state index in [-0.39, 0.29) is 11.5 Å². The summed E-state index contributed by atoms with van der Waals surface area (Å²) in [5, 5.41) is 0.454. The van der Waals surface area contributed by atoms with Crippen molar-refractivity contribution >= 4 is 32.7 Å². The number of amides is 1. The summed E-state index contributed by atoms with van der Waals surface area (Å²) in [6.07, 6.45) is 0.619. The Morgan fingerprint density at radius 2 is 1.47 bits per heavy atom. The van der Waals surface area contributed by atoms with Crippen molar-refractivity contribution in [1.82, 2.24) is 14.5 Å². The summed E-state index contributed by atoms with van der Waals surface area (Å²) in [6, 6.07) is 37.9. The lowest BCUT2D eigenvalue weighted by atomic mass is 10.0. The maximum atomic E-state index is 14.5. The van der Waals surface area contributed by atoms with Crippen LogP contribution in [-0.4, -0.2) is 41.1 Å². The molecule has 0 N–H and O–H groups in total. The van der Waals surface area contributed by atoms with E-state index < -0.39 is 6.04 Å². The molecule has 0 aliphatic carbocycles. The lowest BCUT2D eigenvalue weighted by Crippen LogP contribution is -2.38. The van der Waals surface area contributed by atoms with Gasteiger partial charge in [-0.25, -0.2) is 4.98 Å². The maximum Gasteiger partial charge on any atom is 0.266 e. The van der Waals surface area contributed by atoms with Gasteiger partial charge < -0.3 is 14.4 Å². The number of para-hydroxylation sites is 1. The van der Waals surface area contributed by atoms with Gasteiger partial charge in [0.2, 0.25) is 0 Å². The average Bonchev–Trinajstić information content (AvgIpc) is 3.12. The number of halogens is 1. The van der Waals surface area contributed by atoms with Gasteiger partial charge in [0.05, 0.1) is 41.3 Å². The Labute approximate surface area is 282 Å². The summed E-state index contributed by atoms with van der Waals surface area (Å²) in [5.41, 5.74) is 4.51.